The summed E-state index contributed by atoms with van der Waals surface area (Å²) in [4.78, 5) is 32.4. The Bertz CT molecular complexity index is 1190. The van der Waals surface area contributed by atoms with Crippen LogP contribution in [0.15, 0.2) is 83.9 Å². The molecule has 1 fully saturated rings. The smallest absolute Gasteiger partial charge is 0.238 e. The largest absolute Gasteiger partial charge is 0.497 e. The Labute approximate surface area is 208 Å². The molecule has 1 unspecified atom stereocenters. The third-order valence-corrected chi connectivity index (χ3v) is 6.71. The van der Waals surface area contributed by atoms with Gasteiger partial charge in [0.1, 0.15) is 11.0 Å². The number of aliphatic imine (C=N–C) groups is 1. The zero-order valence-electron chi connectivity index (χ0n) is 18.6. The van der Waals surface area contributed by atoms with Gasteiger partial charge in [0, 0.05) is 23.7 Å². The van der Waals surface area contributed by atoms with Gasteiger partial charge in [-0.05, 0) is 54.4 Å². The molecule has 34 heavy (non-hydrogen) atoms. The first-order valence-corrected chi connectivity index (χ1v) is 12.1. The molecule has 6 nitrogen and oxygen atoms in total. The number of hydrogen-bond donors (Lipinski definition) is 1. The van der Waals surface area contributed by atoms with Crippen molar-refractivity contribution in [2.75, 3.05) is 19.0 Å². The summed E-state index contributed by atoms with van der Waals surface area (Å²) in [5.41, 5.74) is 2.39. The second-order valence-corrected chi connectivity index (χ2v) is 9.29. The van der Waals surface area contributed by atoms with Crippen molar-refractivity contribution in [2.24, 2.45) is 4.99 Å². The third kappa shape index (κ3) is 6.18. The van der Waals surface area contributed by atoms with Crippen LogP contribution >= 0.6 is 23.4 Å². The maximum Gasteiger partial charge on any atom is 0.238 e. The summed E-state index contributed by atoms with van der Waals surface area (Å²) < 4.78 is 5.21. The quantitative estimate of drug-likeness (QED) is 0.468. The predicted octanol–water partition coefficient (Wildman–Crippen LogP) is 5.55. The van der Waals surface area contributed by atoms with E-state index in [1.165, 1.54) is 11.8 Å². The first-order chi connectivity index (χ1) is 16.5. The topological polar surface area (TPSA) is 71.0 Å². The summed E-state index contributed by atoms with van der Waals surface area (Å²) in [5.74, 6) is 0.420. The monoisotopic (exact) mass is 493 g/mol. The fourth-order valence-corrected chi connectivity index (χ4v) is 4.80. The van der Waals surface area contributed by atoms with E-state index in [0.29, 0.717) is 34.5 Å². The van der Waals surface area contributed by atoms with Crippen molar-refractivity contribution < 1.29 is 14.3 Å². The fourth-order valence-electron chi connectivity index (χ4n) is 3.49. The summed E-state index contributed by atoms with van der Waals surface area (Å²) in [7, 11) is 1.63. The minimum absolute atomic E-state index is 0.0977. The number of thioether (sulfide) groups is 1. The minimum Gasteiger partial charge on any atom is -0.497 e. The van der Waals surface area contributed by atoms with Crippen LogP contribution in [0, 0.1) is 0 Å². The van der Waals surface area contributed by atoms with E-state index >= 15 is 0 Å². The van der Waals surface area contributed by atoms with Gasteiger partial charge < -0.3 is 10.1 Å². The van der Waals surface area contributed by atoms with Crippen molar-refractivity contribution in [1.29, 1.82) is 0 Å². The van der Waals surface area contributed by atoms with Crippen LogP contribution in [0.25, 0.3) is 0 Å². The van der Waals surface area contributed by atoms with E-state index in [1.54, 1.807) is 30.2 Å². The van der Waals surface area contributed by atoms with Crippen molar-refractivity contribution in [2.45, 2.75) is 18.1 Å². The maximum absolute atomic E-state index is 13.2. The molecule has 3 aromatic carbocycles. The number of carbonyl (C=O) groups excluding carboxylic acids is 2. The zero-order valence-corrected chi connectivity index (χ0v) is 20.2. The Balaban J connectivity index is 1.54. The Morgan fingerprint density at radius 3 is 2.59 bits per heavy atom. The molecule has 0 bridgehead atoms. The SMILES string of the molecule is COc1ccc(CCN2C(=O)CC(C(=O)Nc3ccccc3)SC2=Nc2cccc(Cl)c2)cc1. The van der Waals surface area contributed by atoms with E-state index in [-0.39, 0.29) is 18.2 Å². The normalized spacial score (nSPS) is 17.0. The Morgan fingerprint density at radius 2 is 1.88 bits per heavy atom. The van der Waals surface area contributed by atoms with Crippen LogP contribution in [0.1, 0.15) is 12.0 Å². The number of halogens is 1. The van der Waals surface area contributed by atoms with Crippen molar-refractivity contribution >= 4 is 51.7 Å². The molecule has 1 aliphatic rings. The average molecular weight is 494 g/mol. The number of nitrogens with one attached hydrogen (secondary N) is 1. The van der Waals surface area contributed by atoms with Gasteiger partial charge in [-0.3, -0.25) is 14.5 Å². The summed E-state index contributed by atoms with van der Waals surface area (Å²) in [5, 5.41) is 3.35. The van der Waals surface area contributed by atoms with Crippen molar-refractivity contribution in [3.8, 4) is 5.75 Å². The van der Waals surface area contributed by atoms with Crippen LogP contribution in [0.4, 0.5) is 11.4 Å². The third-order valence-electron chi connectivity index (χ3n) is 5.29. The van der Waals surface area contributed by atoms with E-state index in [9.17, 15) is 9.59 Å². The minimum atomic E-state index is -0.581. The highest BCUT2D eigenvalue weighted by Crippen LogP contribution is 2.31. The highest BCUT2D eigenvalue weighted by molar-refractivity contribution is 8.15. The molecular weight excluding hydrogens is 470 g/mol. The molecular formula is C26H24ClN3O3S. The van der Waals surface area contributed by atoms with E-state index in [2.05, 4.69) is 5.32 Å². The summed E-state index contributed by atoms with van der Waals surface area (Å²) >= 11 is 7.42. The Kier molecular flexibility index (Phi) is 7.87. The molecule has 3 aromatic rings. The second kappa shape index (κ2) is 11.2. The van der Waals surface area contributed by atoms with Gasteiger partial charge in [0.15, 0.2) is 5.17 Å². The first-order valence-electron chi connectivity index (χ1n) is 10.8. The summed E-state index contributed by atoms with van der Waals surface area (Å²) in [6, 6.07) is 24.1. The molecule has 1 aliphatic heterocycles. The molecule has 1 atom stereocenters. The summed E-state index contributed by atoms with van der Waals surface area (Å²) in [6.07, 6.45) is 0.742. The number of methoxy groups -OCH3 is 1. The van der Waals surface area contributed by atoms with E-state index in [0.717, 1.165) is 11.3 Å². The number of nitrogens with zero attached hydrogens (tertiary/aromatic N) is 2. The van der Waals surface area contributed by atoms with Crippen LogP contribution in [-0.2, 0) is 16.0 Å². The number of hydrogen-bond acceptors (Lipinski definition) is 5. The van der Waals surface area contributed by atoms with E-state index < -0.39 is 5.25 Å². The van der Waals surface area contributed by atoms with Crippen LogP contribution < -0.4 is 10.1 Å². The van der Waals surface area contributed by atoms with E-state index in [4.69, 9.17) is 21.3 Å². The number of anilines is 1. The van der Waals surface area contributed by atoms with Crippen molar-refractivity contribution in [3.05, 3.63) is 89.4 Å². The Hall–Kier alpha value is -3.29. The Morgan fingerprint density at radius 1 is 1.12 bits per heavy atom. The second-order valence-electron chi connectivity index (χ2n) is 7.68. The zero-order chi connectivity index (χ0) is 23.9. The predicted molar refractivity (Wildman–Crippen MR) is 138 cm³/mol. The fraction of sp³-hybridized carbons (Fsp3) is 0.192. The molecule has 0 spiro atoms. The number of benzene rings is 3. The number of amides is 2. The molecule has 8 heteroatoms. The molecule has 0 radical (unpaired) electrons. The van der Waals surface area contributed by atoms with Crippen molar-refractivity contribution in [3.63, 3.8) is 0 Å². The molecule has 1 N–H and O–H groups in total. The number of carbonyl (C=O) groups is 2. The van der Waals surface area contributed by atoms with Crippen molar-refractivity contribution in [1.82, 2.24) is 4.90 Å². The molecule has 4 rings (SSSR count). The van der Waals surface area contributed by atoms with Gasteiger partial charge in [-0.25, -0.2) is 4.99 Å². The standard InChI is InChI=1S/C26H24ClN3O3S/c1-33-22-12-10-18(11-13-22)14-15-30-24(31)17-23(25(32)28-20-7-3-2-4-8-20)34-26(30)29-21-9-5-6-19(27)16-21/h2-13,16,23H,14-15,17H2,1H3,(H,28,32). The number of amidine groups is 1. The highest BCUT2D eigenvalue weighted by Gasteiger charge is 2.35. The molecule has 1 saturated heterocycles. The molecule has 174 valence electrons. The van der Waals surface area contributed by atoms with Gasteiger partial charge in [0.05, 0.1) is 12.8 Å². The van der Waals surface area contributed by atoms with Gasteiger partial charge >= 0.3 is 0 Å². The van der Waals surface area contributed by atoms with Crippen LogP contribution in [0.5, 0.6) is 5.75 Å². The lowest BCUT2D eigenvalue weighted by Gasteiger charge is -2.32. The first kappa shape index (κ1) is 23.9. The molecule has 0 aliphatic carbocycles. The lowest BCUT2D eigenvalue weighted by Crippen LogP contribution is -2.46. The lowest BCUT2D eigenvalue weighted by molar-refractivity contribution is -0.129. The van der Waals surface area contributed by atoms with Gasteiger partial charge in [0.2, 0.25) is 11.8 Å². The van der Waals surface area contributed by atoms with Gasteiger partial charge in [-0.1, -0.05) is 59.8 Å². The molecule has 1 heterocycles. The molecule has 2 amide bonds. The number of ether oxygens (including phenoxy) is 1. The molecule has 0 aromatic heterocycles. The number of para-hydroxylation sites is 1. The van der Waals surface area contributed by atoms with E-state index in [1.807, 2.05) is 60.7 Å². The lowest BCUT2D eigenvalue weighted by atomic mass is 10.1. The maximum atomic E-state index is 13.2. The number of rotatable bonds is 7. The molecule has 0 saturated carbocycles. The van der Waals surface area contributed by atoms with Gasteiger partial charge in [0.25, 0.3) is 0 Å². The van der Waals surface area contributed by atoms with Crippen LogP contribution in [-0.4, -0.2) is 40.8 Å². The van der Waals surface area contributed by atoms with Crippen LogP contribution in [0.3, 0.4) is 0 Å². The van der Waals surface area contributed by atoms with Gasteiger partial charge in [-0.2, -0.15) is 0 Å². The highest BCUT2D eigenvalue weighted by atomic mass is 35.5. The summed E-state index contributed by atoms with van der Waals surface area (Å²) in [6.45, 7) is 0.449. The average Bonchev–Trinajstić information content (AvgIpc) is 2.84. The van der Waals surface area contributed by atoms with Crippen LogP contribution in [0.2, 0.25) is 5.02 Å². The van der Waals surface area contributed by atoms with Gasteiger partial charge in [-0.15, -0.1) is 0 Å².